The molecule has 0 atom stereocenters. The number of nitrogens with two attached hydrogens (primary N) is 1. The van der Waals surface area contributed by atoms with Gasteiger partial charge in [0.05, 0.1) is 15.1 Å². The molecule has 0 unspecified atom stereocenters. The zero-order valence-electron chi connectivity index (χ0n) is 10.5. The zero-order valence-corrected chi connectivity index (χ0v) is 12.8. The number of nitrogen functional groups attached to an aromatic ring is 1. The van der Waals surface area contributed by atoms with Crippen LogP contribution in [0.3, 0.4) is 0 Å². The third-order valence-corrected chi connectivity index (χ3v) is 3.71. The normalized spacial score (nSPS) is 10.4. The number of nitrogens with one attached hydrogen (secondary N) is 1. The number of carbonyl (C=O) groups excluding carboxylic acids is 1. The minimum atomic E-state index is -0.474. The molecule has 0 aliphatic rings. The molecule has 1 amide bonds. The van der Waals surface area contributed by atoms with Crippen molar-refractivity contribution >= 4 is 44.8 Å². The van der Waals surface area contributed by atoms with E-state index < -0.39 is 11.7 Å². The van der Waals surface area contributed by atoms with Crippen LogP contribution in [0.5, 0.6) is 0 Å². The lowest BCUT2D eigenvalue weighted by Crippen LogP contribution is -2.15. The van der Waals surface area contributed by atoms with Gasteiger partial charge in [0.25, 0.3) is 5.91 Å². The minimum absolute atomic E-state index is 0.178. The Balaban J connectivity index is 2.35. The second kappa shape index (κ2) is 5.81. The van der Waals surface area contributed by atoms with Crippen molar-refractivity contribution in [2.45, 2.75) is 6.92 Å². The summed E-state index contributed by atoms with van der Waals surface area (Å²) in [6.07, 6.45) is 0. The summed E-state index contributed by atoms with van der Waals surface area (Å²) in [5.74, 6) is -0.934. The number of aryl methyl sites for hydroxylation is 1. The number of carbonyl (C=O) groups is 1. The van der Waals surface area contributed by atoms with Crippen molar-refractivity contribution in [1.29, 1.82) is 0 Å². The molecule has 104 valence electrons. The van der Waals surface area contributed by atoms with Crippen molar-refractivity contribution in [3.63, 3.8) is 0 Å². The molecule has 20 heavy (non-hydrogen) atoms. The highest BCUT2D eigenvalue weighted by Gasteiger charge is 2.15. The number of anilines is 2. The molecule has 2 aromatic carbocycles. The fraction of sp³-hybridized carbons (Fsp3) is 0.0714. The average molecular weight is 358 g/mol. The first-order chi connectivity index (χ1) is 9.40. The van der Waals surface area contributed by atoms with Gasteiger partial charge in [0, 0.05) is 11.4 Å². The highest BCUT2D eigenvalue weighted by Crippen LogP contribution is 2.27. The first kappa shape index (κ1) is 14.8. The molecule has 0 spiro atoms. The van der Waals surface area contributed by atoms with Gasteiger partial charge in [-0.25, -0.2) is 4.39 Å². The summed E-state index contributed by atoms with van der Waals surface area (Å²) in [5, 5.41) is 2.86. The Morgan fingerprint density at radius 1 is 1.40 bits per heavy atom. The zero-order chi connectivity index (χ0) is 14.9. The first-order valence-corrected chi connectivity index (χ1v) is 6.88. The van der Waals surface area contributed by atoms with E-state index in [-0.39, 0.29) is 16.3 Å². The van der Waals surface area contributed by atoms with Crippen molar-refractivity contribution in [3.05, 3.63) is 56.8 Å². The summed E-state index contributed by atoms with van der Waals surface area (Å²) in [4.78, 5) is 12.2. The highest BCUT2D eigenvalue weighted by molar-refractivity contribution is 9.10. The van der Waals surface area contributed by atoms with Gasteiger partial charge in [-0.1, -0.05) is 17.7 Å². The van der Waals surface area contributed by atoms with Crippen LogP contribution in [-0.4, -0.2) is 5.91 Å². The van der Waals surface area contributed by atoms with E-state index in [1.54, 1.807) is 31.2 Å². The molecule has 0 saturated heterocycles. The van der Waals surface area contributed by atoms with E-state index >= 15 is 0 Å². The second-order valence-corrected chi connectivity index (χ2v) is 5.50. The summed E-state index contributed by atoms with van der Waals surface area (Å²) < 4.78 is 13.9. The van der Waals surface area contributed by atoms with E-state index in [2.05, 4.69) is 21.2 Å². The lowest BCUT2D eigenvalue weighted by molar-refractivity contribution is 0.102. The number of hydrogen-bond donors (Lipinski definition) is 2. The van der Waals surface area contributed by atoms with Crippen LogP contribution in [0.2, 0.25) is 5.02 Å². The van der Waals surface area contributed by atoms with Crippen LogP contribution in [0, 0.1) is 12.7 Å². The van der Waals surface area contributed by atoms with Crippen LogP contribution in [0.15, 0.2) is 34.8 Å². The first-order valence-electron chi connectivity index (χ1n) is 5.71. The summed E-state index contributed by atoms with van der Waals surface area (Å²) in [6, 6.07) is 7.63. The lowest BCUT2D eigenvalue weighted by Gasteiger charge is -2.12. The van der Waals surface area contributed by atoms with Crippen molar-refractivity contribution in [3.8, 4) is 0 Å². The van der Waals surface area contributed by atoms with Crippen molar-refractivity contribution in [2.75, 3.05) is 11.1 Å². The average Bonchev–Trinajstić information content (AvgIpc) is 2.35. The SMILES string of the molecule is Cc1cc(Br)c(F)cc1NC(=O)c1c(N)cccc1Cl. The molecule has 3 nitrogen and oxygen atoms in total. The number of rotatable bonds is 2. The topological polar surface area (TPSA) is 55.1 Å². The van der Waals surface area contributed by atoms with Gasteiger partial charge in [0.15, 0.2) is 0 Å². The summed E-state index contributed by atoms with van der Waals surface area (Å²) in [6.45, 7) is 1.76. The third kappa shape index (κ3) is 2.94. The number of amides is 1. The van der Waals surface area contributed by atoms with Gasteiger partial charge >= 0.3 is 0 Å². The minimum Gasteiger partial charge on any atom is -0.398 e. The van der Waals surface area contributed by atoms with Gasteiger partial charge in [-0.3, -0.25) is 4.79 Å². The Hall–Kier alpha value is -1.59. The predicted molar refractivity (Wildman–Crippen MR) is 82.7 cm³/mol. The molecule has 0 fully saturated rings. The van der Waals surface area contributed by atoms with E-state index in [0.717, 1.165) is 5.56 Å². The standard InChI is InChI=1S/C14H11BrClFN2O/c1-7-5-8(15)10(17)6-12(7)19-14(20)13-9(16)3-2-4-11(13)18/h2-6H,18H2,1H3,(H,19,20). The van der Waals surface area contributed by atoms with Crippen LogP contribution in [0.25, 0.3) is 0 Å². The van der Waals surface area contributed by atoms with Gasteiger partial charge in [-0.2, -0.15) is 0 Å². The monoisotopic (exact) mass is 356 g/mol. The molecule has 0 aromatic heterocycles. The molecule has 0 aliphatic carbocycles. The lowest BCUT2D eigenvalue weighted by atomic mass is 10.1. The van der Waals surface area contributed by atoms with Crippen molar-refractivity contribution in [1.82, 2.24) is 0 Å². The highest BCUT2D eigenvalue weighted by atomic mass is 79.9. The van der Waals surface area contributed by atoms with Crippen LogP contribution >= 0.6 is 27.5 Å². The Kier molecular flexibility index (Phi) is 4.30. The molecule has 0 radical (unpaired) electrons. The van der Waals surface area contributed by atoms with Gasteiger partial charge in [0.2, 0.25) is 0 Å². The second-order valence-electron chi connectivity index (χ2n) is 4.24. The smallest absolute Gasteiger partial charge is 0.259 e. The van der Waals surface area contributed by atoms with Crippen molar-refractivity contribution in [2.24, 2.45) is 0 Å². The van der Waals surface area contributed by atoms with E-state index in [0.29, 0.717) is 10.2 Å². The molecule has 0 heterocycles. The fourth-order valence-corrected chi connectivity index (χ4v) is 2.47. The van der Waals surface area contributed by atoms with Gasteiger partial charge in [0.1, 0.15) is 5.82 Å². The molecular formula is C14H11BrClFN2O. The maximum Gasteiger partial charge on any atom is 0.259 e. The molecular weight excluding hydrogens is 347 g/mol. The number of benzene rings is 2. The van der Waals surface area contributed by atoms with E-state index in [1.165, 1.54) is 6.07 Å². The van der Waals surface area contributed by atoms with E-state index in [1.807, 2.05) is 0 Å². The maximum absolute atomic E-state index is 13.5. The van der Waals surface area contributed by atoms with E-state index in [9.17, 15) is 9.18 Å². The molecule has 3 N–H and O–H groups in total. The van der Waals surface area contributed by atoms with Crippen molar-refractivity contribution < 1.29 is 9.18 Å². The molecule has 2 aromatic rings. The predicted octanol–water partition coefficient (Wildman–Crippen LogP) is 4.38. The third-order valence-electron chi connectivity index (χ3n) is 2.79. The Morgan fingerprint density at radius 2 is 2.10 bits per heavy atom. The Labute approximate surface area is 129 Å². The fourth-order valence-electron chi connectivity index (χ4n) is 1.75. The van der Waals surface area contributed by atoms with Gasteiger partial charge < -0.3 is 11.1 Å². The van der Waals surface area contributed by atoms with Crippen LogP contribution < -0.4 is 11.1 Å². The summed E-state index contributed by atoms with van der Waals surface area (Å²) in [7, 11) is 0. The quantitative estimate of drug-likeness (QED) is 0.783. The van der Waals surface area contributed by atoms with Gasteiger partial charge in [-0.15, -0.1) is 0 Å². The Morgan fingerprint density at radius 3 is 2.75 bits per heavy atom. The van der Waals surface area contributed by atoms with E-state index in [4.69, 9.17) is 17.3 Å². The number of halogens is 3. The molecule has 0 bridgehead atoms. The maximum atomic E-state index is 13.5. The molecule has 6 heteroatoms. The molecule has 0 saturated carbocycles. The molecule has 0 aliphatic heterocycles. The van der Waals surface area contributed by atoms with Crippen LogP contribution in [0.4, 0.5) is 15.8 Å². The Bertz CT molecular complexity index is 671. The number of hydrogen-bond acceptors (Lipinski definition) is 2. The van der Waals surface area contributed by atoms with Gasteiger partial charge in [-0.05, 0) is 52.7 Å². The summed E-state index contributed by atoms with van der Waals surface area (Å²) >= 11 is 9.05. The molecule has 2 rings (SSSR count). The largest absolute Gasteiger partial charge is 0.398 e. The summed E-state index contributed by atoms with van der Waals surface area (Å²) in [5.41, 5.74) is 7.28. The van der Waals surface area contributed by atoms with Crippen LogP contribution in [-0.2, 0) is 0 Å². The van der Waals surface area contributed by atoms with Crippen LogP contribution in [0.1, 0.15) is 15.9 Å².